The van der Waals surface area contributed by atoms with Gasteiger partial charge >= 0.3 is 5.97 Å². The molecule has 2 aliphatic heterocycles. The van der Waals surface area contributed by atoms with E-state index >= 15 is 0 Å². The molecular weight excluding hydrogens is 216 g/mol. The Bertz CT molecular complexity index is 181. The molecule has 2 atom stereocenters. The van der Waals surface area contributed by atoms with Crippen molar-refractivity contribution >= 4 is 18.0 Å². The maximum atomic E-state index is 9.89. The van der Waals surface area contributed by atoms with Crippen LogP contribution in [-0.4, -0.2) is 31.2 Å². The smallest absolute Gasteiger partial charge is 0.309 e. The molecule has 0 spiro atoms. The Morgan fingerprint density at radius 3 is 2.53 bits per heavy atom. The number of carbonyl (C=O) groups excluding carboxylic acids is 1. The summed E-state index contributed by atoms with van der Waals surface area (Å²) in [5.41, 5.74) is 0. The van der Waals surface area contributed by atoms with Gasteiger partial charge in [-0.1, -0.05) is 0 Å². The highest BCUT2D eigenvalue weighted by Crippen LogP contribution is 2.16. The van der Waals surface area contributed by atoms with Crippen LogP contribution in [0.1, 0.15) is 32.6 Å². The van der Waals surface area contributed by atoms with E-state index in [1.807, 2.05) is 13.2 Å². The van der Waals surface area contributed by atoms with Crippen LogP contribution in [0.25, 0.3) is 0 Å². The number of ether oxygens (including phenoxy) is 2. The second kappa shape index (κ2) is 7.09. The van der Waals surface area contributed by atoms with Crippen LogP contribution in [0.5, 0.6) is 0 Å². The van der Waals surface area contributed by atoms with Gasteiger partial charge in [0.05, 0.1) is 6.42 Å². The summed E-state index contributed by atoms with van der Waals surface area (Å²) in [7, 11) is 0. The first-order chi connectivity index (χ1) is 7.22. The molecule has 0 radical (unpaired) electrons. The number of carbonyl (C=O) groups is 1. The van der Waals surface area contributed by atoms with Crippen molar-refractivity contribution in [2.24, 2.45) is 0 Å². The van der Waals surface area contributed by atoms with E-state index in [4.69, 9.17) is 8.92 Å². The normalized spacial score (nSPS) is 29.6. The van der Waals surface area contributed by atoms with Crippen LogP contribution in [-0.2, 0) is 18.5 Å². The van der Waals surface area contributed by atoms with Crippen molar-refractivity contribution in [2.75, 3.05) is 12.9 Å². The lowest BCUT2D eigenvalue weighted by molar-refractivity contribution is -0.167. The minimum Gasteiger partial charge on any atom is -0.462 e. The highest BCUT2D eigenvalue weighted by atomic mass is 32.2. The monoisotopic (exact) mass is 234 g/mol. The van der Waals surface area contributed by atoms with Crippen molar-refractivity contribution in [3.63, 3.8) is 0 Å². The zero-order chi connectivity index (χ0) is 11.1. The maximum Gasteiger partial charge on any atom is 0.309 e. The van der Waals surface area contributed by atoms with Gasteiger partial charge < -0.3 is 9.47 Å². The van der Waals surface area contributed by atoms with E-state index in [0.29, 0.717) is 6.42 Å². The van der Waals surface area contributed by atoms with Crippen molar-refractivity contribution < 1.29 is 18.5 Å². The molecule has 2 unspecified atom stereocenters. The molecule has 2 heterocycles. The molecule has 2 rings (SSSR count). The average Bonchev–Trinajstić information content (AvgIpc) is 2.19. The van der Waals surface area contributed by atoms with Gasteiger partial charge in [-0.2, -0.15) is 0 Å². The minimum atomic E-state index is -0.0671. The highest BCUT2D eigenvalue weighted by Gasteiger charge is 2.22. The van der Waals surface area contributed by atoms with Gasteiger partial charge in [0.15, 0.2) is 6.29 Å². The summed E-state index contributed by atoms with van der Waals surface area (Å²) in [6, 6.07) is 0. The van der Waals surface area contributed by atoms with E-state index in [-0.39, 0.29) is 18.4 Å². The SMILES string of the molecule is CC1CC(=O)O1.CSOC1CCCCO1. The summed E-state index contributed by atoms with van der Waals surface area (Å²) in [5.74, 6) is -0.0671. The largest absolute Gasteiger partial charge is 0.462 e. The average molecular weight is 234 g/mol. The zero-order valence-corrected chi connectivity index (χ0v) is 10.0. The molecule has 2 fully saturated rings. The molecule has 4 nitrogen and oxygen atoms in total. The van der Waals surface area contributed by atoms with Gasteiger partial charge in [-0.05, 0) is 38.2 Å². The minimum absolute atomic E-state index is 0.0637. The molecular formula is C10H18O4S. The summed E-state index contributed by atoms with van der Waals surface area (Å²) in [5, 5.41) is 0. The molecule has 2 saturated heterocycles. The predicted octanol–water partition coefficient (Wildman–Crippen LogP) is 2.13. The van der Waals surface area contributed by atoms with Crippen LogP contribution in [0.3, 0.4) is 0 Å². The Labute approximate surface area is 94.9 Å². The fourth-order valence-electron chi connectivity index (χ4n) is 1.34. The first-order valence-corrected chi connectivity index (χ1v) is 6.38. The van der Waals surface area contributed by atoms with Gasteiger partial charge in [0.1, 0.15) is 6.10 Å². The fraction of sp³-hybridized carbons (Fsp3) is 0.900. The van der Waals surface area contributed by atoms with Crippen LogP contribution in [0, 0.1) is 0 Å². The molecule has 0 aliphatic carbocycles. The first-order valence-electron chi connectivity index (χ1n) is 5.23. The van der Waals surface area contributed by atoms with E-state index in [0.717, 1.165) is 13.0 Å². The Morgan fingerprint density at radius 1 is 1.47 bits per heavy atom. The number of rotatable bonds is 2. The van der Waals surface area contributed by atoms with Crippen molar-refractivity contribution in [1.29, 1.82) is 0 Å². The van der Waals surface area contributed by atoms with E-state index in [2.05, 4.69) is 4.74 Å². The molecule has 0 amide bonds. The Kier molecular flexibility index (Phi) is 6.05. The number of cyclic esters (lactones) is 1. The van der Waals surface area contributed by atoms with Gasteiger partial charge in [0.2, 0.25) is 0 Å². The Morgan fingerprint density at radius 2 is 2.20 bits per heavy atom. The summed E-state index contributed by atoms with van der Waals surface area (Å²) >= 11 is 1.38. The lowest BCUT2D eigenvalue weighted by Gasteiger charge is -2.20. The van der Waals surface area contributed by atoms with Crippen molar-refractivity contribution in [3.8, 4) is 0 Å². The van der Waals surface area contributed by atoms with Gasteiger partial charge in [-0.3, -0.25) is 8.98 Å². The van der Waals surface area contributed by atoms with Crippen molar-refractivity contribution in [3.05, 3.63) is 0 Å². The molecule has 0 saturated carbocycles. The zero-order valence-electron chi connectivity index (χ0n) is 9.23. The van der Waals surface area contributed by atoms with Crippen LogP contribution in [0.2, 0.25) is 0 Å². The lowest BCUT2D eigenvalue weighted by atomic mass is 10.2. The van der Waals surface area contributed by atoms with Crippen LogP contribution in [0.15, 0.2) is 0 Å². The number of esters is 1. The molecule has 15 heavy (non-hydrogen) atoms. The summed E-state index contributed by atoms with van der Waals surface area (Å²) in [4.78, 5) is 9.89. The first kappa shape index (κ1) is 12.8. The Balaban J connectivity index is 0.000000162. The quantitative estimate of drug-likeness (QED) is 0.541. The van der Waals surface area contributed by atoms with Crippen LogP contribution >= 0.6 is 12.0 Å². The third-order valence-electron chi connectivity index (χ3n) is 2.13. The number of hydrogen-bond donors (Lipinski definition) is 0. The Hall–Kier alpha value is -0.260. The second-order valence-corrected chi connectivity index (χ2v) is 4.09. The number of hydrogen-bond acceptors (Lipinski definition) is 5. The van der Waals surface area contributed by atoms with Crippen molar-refractivity contribution in [1.82, 2.24) is 0 Å². The summed E-state index contributed by atoms with van der Waals surface area (Å²) < 4.78 is 15.0. The van der Waals surface area contributed by atoms with Gasteiger partial charge in [-0.15, -0.1) is 0 Å². The van der Waals surface area contributed by atoms with Crippen LogP contribution < -0.4 is 0 Å². The maximum absolute atomic E-state index is 9.89. The molecule has 0 N–H and O–H groups in total. The van der Waals surface area contributed by atoms with E-state index in [1.165, 1.54) is 24.9 Å². The molecule has 0 bridgehead atoms. The molecule has 88 valence electrons. The third-order valence-corrected chi connectivity index (χ3v) is 2.54. The van der Waals surface area contributed by atoms with Gasteiger partial charge in [0.25, 0.3) is 0 Å². The predicted molar refractivity (Wildman–Crippen MR) is 58.4 cm³/mol. The second-order valence-electron chi connectivity index (χ2n) is 3.56. The van der Waals surface area contributed by atoms with Gasteiger partial charge in [0, 0.05) is 12.9 Å². The third kappa shape index (κ3) is 5.39. The fourth-order valence-corrected chi connectivity index (χ4v) is 1.71. The summed E-state index contributed by atoms with van der Waals surface area (Å²) in [6.07, 6.45) is 6.27. The molecule has 2 aliphatic rings. The molecule has 0 aromatic carbocycles. The molecule has 0 aromatic heterocycles. The molecule has 5 heteroatoms. The summed E-state index contributed by atoms with van der Waals surface area (Å²) in [6.45, 7) is 2.74. The van der Waals surface area contributed by atoms with E-state index < -0.39 is 0 Å². The topological polar surface area (TPSA) is 44.8 Å². The van der Waals surface area contributed by atoms with Crippen molar-refractivity contribution in [2.45, 2.75) is 45.0 Å². The van der Waals surface area contributed by atoms with Gasteiger partial charge in [-0.25, -0.2) is 0 Å². The standard InChI is InChI=1S/C6H12O2S.C4H6O2/c1-9-8-6-4-2-3-5-7-6;1-3-2-4(5)6-3/h6H,2-5H2,1H3;3H,2H2,1H3. The van der Waals surface area contributed by atoms with E-state index in [1.54, 1.807) is 0 Å². The van der Waals surface area contributed by atoms with E-state index in [9.17, 15) is 4.79 Å². The van der Waals surface area contributed by atoms with Crippen LogP contribution in [0.4, 0.5) is 0 Å². The molecule has 0 aromatic rings. The highest BCUT2D eigenvalue weighted by molar-refractivity contribution is 7.93. The lowest BCUT2D eigenvalue weighted by Crippen LogP contribution is -2.29.